The lowest BCUT2D eigenvalue weighted by molar-refractivity contribution is 0.0535. The highest BCUT2D eigenvalue weighted by molar-refractivity contribution is 6.39. The van der Waals surface area contributed by atoms with Crippen LogP contribution in [0, 0.1) is 0 Å². The molecule has 2 aromatic rings. The van der Waals surface area contributed by atoms with Gasteiger partial charge in [0, 0.05) is 26.2 Å². The molecule has 0 bridgehead atoms. The third-order valence-corrected chi connectivity index (χ3v) is 4.76. The molecular weight excluding hydrogens is 365 g/mol. The summed E-state index contributed by atoms with van der Waals surface area (Å²) in [6, 6.07) is 6.60. The average molecular weight is 382 g/mol. The Labute approximate surface area is 155 Å². The van der Waals surface area contributed by atoms with Crippen LogP contribution in [-0.2, 0) is 6.54 Å². The second-order valence-corrected chi connectivity index (χ2v) is 6.50. The Morgan fingerprint density at radius 1 is 1.04 bits per heavy atom. The van der Waals surface area contributed by atoms with E-state index in [1.165, 1.54) is 6.26 Å². The molecule has 1 aliphatic rings. The Kier molecular flexibility index (Phi) is 5.32. The van der Waals surface area contributed by atoms with E-state index in [0.717, 1.165) is 0 Å². The predicted octanol–water partition coefficient (Wildman–Crippen LogP) is 2.64. The summed E-state index contributed by atoms with van der Waals surface area (Å²) in [5.41, 5.74) is 6.25. The van der Waals surface area contributed by atoms with Crippen molar-refractivity contribution in [3.05, 3.63) is 57.5 Å². The molecule has 0 atom stereocenters. The summed E-state index contributed by atoms with van der Waals surface area (Å²) in [7, 11) is 0. The zero-order valence-corrected chi connectivity index (χ0v) is 14.9. The van der Waals surface area contributed by atoms with Crippen molar-refractivity contribution in [3.8, 4) is 0 Å². The highest BCUT2D eigenvalue weighted by Gasteiger charge is 2.28. The molecule has 2 N–H and O–H groups in total. The van der Waals surface area contributed by atoms with Crippen molar-refractivity contribution in [2.45, 2.75) is 6.54 Å². The van der Waals surface area contributed by atoms with E-state index in [0.29, 0.717) is 53.1 Å². The van der Waals surface area contributed by atoms with Crippen molar-refractivity contribution in [2.75, 3.05) is 26.2 Å². The van der Waals surface area contributed by atoms with Crippen molar-refractivity contribution in [1.82, 2.24) is 9.80 Å². The Morgan fingerprint density at radius 2 is 1.60 bits per heavy atom. The van der Waals surface area contributed by atoms with Crippen LogP contribution in [0.4, 0.5) is 0 Å². The van der Waals surface area contributed by atoms with Crippen LogP contribution < -0.4 is 5.73 Å². The van der Waals surface area contributed by atoms with Gasteiger partial charge in [0.2, 0.25) is 0 Å². The Balaban J connectivity index is 1.65. The maximum absolute atomic E-state index is 12.7. The number of amides is 2. The van der Waals surface area contributed by atoms with Gasteiger partial charge in [-0.15, -0.1) is 0 Å². The number of halogens is 2. The lowest BCUT2D eigenvalue weighted by atomic mass is 10.1. The number of carbonyl (C=O) groups is 2. The lowest BCUT2D eigenvalue weighted by Crippen LogP contribution is -2.50. The highest BCUT2D eigenvalue weighted by atomic mass is 35.5. The average Bonchev–Trinajstić information content (AvgIpc) is 3.10. The van der Waals surface area contributed by atoms with Gasteiger partial charge in [0.1, 0.15) is 12.0 Å². The van der Waals surface area contributed by atoms with Crippen LogP contribution in [0.15, 0.2) is 34.9 Å². The number of nitrogens with zero attached hydrogens (tertiary/aromatic N) is 2. The number of hydrogen-bond donors (Lipinski definition) is 1. The molecule has 0 saturated carbocycles. The second kappa shape index (κ2) is 7.47. The molecule has 3 rings (SSSR count). The smallest absolute Gasteiger partial charge is 0.257 e. The van der Waals surface area contributed by atoms with Gasteiger partial charge >= 0.3 is 0 Å². The molecule has 8 heteroatoms. The molecule has 1 fully saturated rings. The summed E-state index contributed by atoms with van der Waals surface area (Å²) >= 11 is 12.2. The molecule has 1 saturated heterocycles. The quantitative estimate of drug-likeness (QED) is 0.885. The fourth-order valence-electron chi connectivity index (χ4n) is 2.76. The molecular formula is C17H17Cl2N3O3. The van der Waals surface area contributed by atoms with Crippen LogP contribution in [0.25, 0.3) is 0 Å². The first-order chi connectivity index (χ1) is 12.0. The number of furan rings is 1. The van der Waals surface area contributed by atoms with E-state index in [9.17, 15) is 9.59 Å². The number of hydrogen-bond acceptors (Lipinski definition) is 4. The van der Waals surface area contributed by atoms with Gasteiger partial charge in [0.15, 0.2) is 0 Å². The van der Waals surface area contributed by atoms with Gasteiger partial charge in [-0.3, -0.25) is 9.59 Å². The summed E-state index contributed by atoms with van der Waals surface area (Å²) in [5.74, 6) is 0.202. The molecule has 6 nitrogen and oxygen atoms in total. The molecule has 0 radical (unpaired) electrons. The van der Waals surface area contributed by atoms with Crippen LogP contribution in [0.5, 0.6) is 0 Å². The van der Waals surface area contributed by atoms with Crippen LogP contribution in [-0.4, -0.2) is 47.8 Å². The van der Waals surface area contributed by atoms with Gasteiger partial charge in [0.05, 0.1) is 27.7 Å². The third-order valence-electron chi connectivity index (χ3n) is 4.13. The summed E-state index contributed by atoms with van der Waals surface area (Å²) in [6.07, 6.45) is 1.41. The molecule has 2 amide bonds. The molecule has 1 aliphatic heterocycles. The molecule has 25 heavy (non-hydrogen) atoms. The first-order valence-electron chi connectivity index (χ1n) is 7.81. The fourth-order valence-corrected chi connectivity index (χ4v) is 3.31. The largest absolute Gasteiger partial charge is 0.467 e. The molecule has 1 aromatic carbocycles. The number of piperazine rings is 1. The minimum absolute atomic E-state index is 0.133. The van der Waals surface area contributed by atoms with Gasteiger partial charge < -0.3 is 20.0 Å². The summed E-state index contributed by atoms with van der Waals surface area (Å²) in [5, 5.41) is 0.646. The second-order valence-electron chi connectivity index (χ2n) is 5.69. The van der Waals surface area contributed by atoms with Crippen molar-refractivity contribution in [2.24, 2.45) is 5.73 Å². The van der Waals surface area contributed by atoms with Gasteiger partial charge in [-0.1, -0.05) is 29.3 Å². The molecule has 2 heterocycles. The van der Waals surface area contributed by atoms with Gasteiger partial charge in [-0.05, 0) is 18.2 Å². The van der Waals surface area contributed by atoms with Crippen LogP contribution in [0.3, 0.4) is 0 Å². The van der Waals surface area contributed by atoms with E-state index in [4.69, 9.17) is 33.4 Å². The fraction of sp³-hybridized carbons (Fsp3) is 0.294. The topological polar surface area (TPSA) is 79.8 Å². The third kappa shape index (κ3) is 3.66. The minimum atomic E-state index is -0.226. The number of carbonyl (C=O) groups excluding carboxylic acids is 2. The van der Waals surface area contributed by atoms with E-state index < -0.39 is 0 Å². The zero-order chi connectivity index (χ0) is 18.0. The number of nitrogens with two attached hydrogens (primary N) is 1. The molecule has 0 spiro atoms. The van der Waals surface area contributed by atoms with Crippen molar-refractivity contribution in [1.29, 1.82) is 0 Å². The Bertz CT molecular complexity index is 778. The van der Waals surface area contributed by atoms with Crippen molar-refractivity contribution >= 4 is 35.0 Å². The molecule has 0 unspecified atom stereocenters. The molecule has 1 aromatic heterocycles. The minimum Gasteiger partial charge on any atom is -0.467 e. The van der Waals surface area contributed by atoms with E-state index >= 15 is 0 Å². The molecule has 0 aliphatic carbocycles. The first-order valence-corrected chi connectivity index (χ1v) is 8.57. The van der Waals surface area contributed by atoms with Gasteiger partial charge in [-0.2, -0.15) is 0 Å². The number of benzene rings is 1. The van der Waals surface area contributed by atoms with Crippen LogP contribution >= 0.6 is 23.2 Å². The summed E-state index contributed by atoms with van der Waals surface area (Å²) in [6.45, 7) is 1.92. The van der Waals surface area contributed by atoms with E-state index in [1.54, 1.807) is 34.1 Å². The highest BCUT2D eigenvalue weighted by Crippen LogP contribution is 2.26. The predicted molar refractivity (Wildman–Crippen MR) is 94.9 cm³/mol. The summed E-state index contributed by atoms with van der Waals surface area (Å²) in [4.78, 5) is 28.5. The van der Waals surface area contributed by atoms with E-state index in [1.807, 2.05) is 0 Å². The normalized spacial score (nSPS) is 14.7. The number of rotatable bonds is 3. The monoisotopic (exact) mass is 381 g/mol. The first kappa shape index (κ1) is 17.8. The van der Waals surface area contributed by atoms with Crippen molar-refractivity contribution < 1.29 is 14.0 Å². The summed E-state index contributed by atoms with van der Waals surface area (Å²) < 4.78 is 5.20. The maximum Gasteiger partial charge on any atom is 0.257 e. The Morgan fingerprint density at radius 3 is 2.12 bits per heavy atom. The van der Waals surface area contributed by atoms with E-state index in [2.05, 4.69) is 0 Å². The van der Waals surface area contributed by atoms with Gasteiger partial charge in [0.25, 0.3) is 11.8 Å². The van der Waals surface area contributed by atoms with Crippen LogP contribution in [0.2, 0.25) is 10.0 Å². The van der Waals surface area contributed by atoms with Crippen molar-refractivity contribution in [3.63, 3.8) is 0 Å². The maximum atomic E-state index is 12.7. The van der Waals surface area contributed by atoms with E-state index in [-0.39, 0.29) is 18.4 Å². The zero-order valence-electron chi connectivity index (χ0n) is 13.4. The lowest BCUT2D eigenvalue weighted by Gasteiger charge is -2.34. The molecule has 132 valence electrons. The van der Waals surface area contributed by atoms with Crippen LogP contribution in [0.1, 0.15) is 26.5 Å². The standard InChI is InChI=1S/C17H17Cl2N3O3/c18-13-2-1-3-14(19)15(13)17(24)22-6-4-21(5-7-22)16(23)11-8-12(9-20)25-10-11/h1-3,8,10H,4-7,9,20H2. The Hall–Kier alpha value is -2.02. The SMILES string of the molecule is NCc1cc(C(=O)N2CCN(C(=O)c3c(Cl)cccc3Cl)CC2)co1. The van der Waals surface area contributed by atoms with Gasteiger partial charge in [-0.25, -0.2) is 0 Å².